The van der Waals surface area contributed by atoms with Crippen LogP contribution in [0.2, 0.25) is 0 Å². The molecule has 0 radical (unpaired) electrons. The van der Waals surface area contributed by atoms with Crippen molar-refractivity contribution < 1.29 is 19.0 Å². The fourth-order valence-corrected chi connectivity index (χ4v) is 1.47. The molecule has 0 aromatic heterocycles. The van der Waals surface area contributed by atoms with Gasteiger partial charge in [0.2, 0.25) is 0 Å². The monoisotopic (exact) mass is 246 g/mol. The number of carbonyl (C=O) groups excluding carboxylic acids is 1. The maximum absolute atomic E-state index is 11.5. The molecule has 0 bridgehead atoms. The van der Waals surface area contributed by atoms with Gasteiger partial charge in [-0.05, 0) is 26.3 Å². The first-order chi connectivity index (χ1) is 7.65. The van der Waals surface area contributed by atoms with Crippen molar-refractivity contribution in [3.05, 3.63) is 11.3 Å². The van der Waals surface area contributed by atoms with Crippen molar-refractivity contribution in [3.8, 4) is 0 Å². The van der Waals surface area contributed by atoms with Crippen LogP contribution >= 0.6 is 0 Å². The molecule has 0 unspecified atom stereocenters. The number of rotatable bonds is 8. The molecule has 0 amide bonds. The Hall–Kier alpha value is -0.653. The third-order valence-electron chi connectivity index (χ3n) is 1.81. The third-order valence-corrected chi connectivity index (χ3v) is 2.55. The maximum atomic E-state index is 11.5. The zero-order valence-corrected chi connectivity index (χ0v) is 12.6. The molecule has 0 aliphatic carbocycles. The van der Waals surface area contributed by atoms with Gasteiger partial charge in [0, 0.05) is 28.7 Å². The van der Waals surface area contributed by atoms with E-state index < -0.39 is 6.29 Å². The number of esters is 1. The van der Waals surface area contributed by atoms with Gasteiger partial charge in [0.05, 0.1) is 6.61 Å². The summed E-state index contributed by atoms with van der Waals surface area (Å²) >= 11 is 0. The smallest absolute Gasteiger partial charge is 0.328 e. The Morgan fingerprint density at radius 1 is 1.25 bits per heavy atom. The molecule has 94 valence electrons. The molecule has 0 fully saturated rings. The minimum atomic E-state index is -0.434. The average Bonchev–Trinajstić information content (AvgIpc) is 2.26. The van der Waals surface area contributed by atoms with Gasteiger partial charge in [-0.25, -0.2) is 4.79 Å². The van der Waals surface area contributed by atoms with Gasteiger partial charge >= 0.3 is 5.97 Å². The first-order valence-corrected chi connectivity index (χ1v) is 6.74. The first-order valence-electron chi connectivity index (χ1n) is 5.74. The van der Waals surface area contributed by atoms with Crippen molar-refractivity contribution >= 4 is 16.2 Å². The van der Waals surface area contributed by atoms with Gasteiger partial charge in [0.25, 0.3) is 0 Å². The highest BCUT2D eigenvalue weighted by atomic mass is 28.1. The van der Waals surface area contributed by atoms with E-state index in [9.17, 15) is 4.79 Å². The topological polar surface area (TPSA) is 44.8 Å². The molecule has 0 saturated carbocycles. The largest absolute Gasteiger partial charge is 0.463 e. The van der Waals surface area contributed by atoms with Crippen molar-refractivity contribution in [1.29, 1.82) is 0 Å². The second-order valence-electron chi connectivity index (χ2n) is 3.26. The molecule has 0 spiro atoms. The van der Waals surface area contributed by atoms with Crippen LogP contribution < -0.4 is 0 Å². The minimum Gasteiger partial charge on any atom is -0.463 e. The van der Waals surface area contributed by atoms with Crippen molar-refractivity contribution in [3.63, 3.8) is 0 Å². The summed E-state index contributed by atoms with van der Waals surface area (Å²) in [5.74, 6) is -0.252. The quantitative estimate of drug-likeness (QED) is 0.272. The van der Waals surface area contributed by atoms with E-state index in [1.807, 2.05) is 20.8 Å². The lowest BCUT2D eigenvalue weighted by atomic mass is 10.4. The van der Waals surface area contributed by atoms with Gasteiger partial charge in [-0.2, -0.15) is 0 Å². The normalized spacial score (nSPS) is 12.1. The Morgan fingerprint density at radius 3 is 2.25 bits per heavy atom. The van der Waals surface area contributed by atoms with Crippen LogP contribution in [0.3, 0.4) is 0 Å². The zero-order chi connectivity index (χ0) is 12.4. The van der Waals surface area contributed by atoms with Gasteiger partial charge in [-0.1, -0.05) is 6.92 Å². The molecule has 0 N–H and O–H groups in total. The molecular formula is C11H22O4Si. The molecule has 0 atom stereocenters. The summed E-state index contributed by atoms with van der Waals surface area (Å²) in [6.45, 7) is 7.32. The molecular weight excluding hydrogens is 224 g/mol. The Labute approximate surface area is 100 Å². The molecule has 0 aromatic carbocycles. The van der Waals surface area contributed by atoms with E-state index in [4.69, 9.17) is 14.2 Å². The first kappa shape index (κ1) is 15.3. The van der Waals surface area contributed by atoms with Gasteiger partial charge < -0.3 is 14.2 Å². The van der Waals surface area contributed by atoms with Crippen LogP contribution in [0.5, 0.6) is 0 Å². The molecule has 0 aliphatic heterocycles. The number of hydrogen-bond donors (Lipinski definition) is 0. The van der Waals surface area contributed by atoms with E-state index in [1.165, 1.54) is 0 Å². The van der Waals surface area contributed by atoms with Crippen LogP contribution in [0.15, 0.2) is 11.3 Å². The van der Waals surface area contributed by atoms with E-state index in [-0.39, 0.29) is 5.97 Å². The summed E-state index contributed by atoms with van der Waals surface area (Å²) in [5, 5.41) is 0.653. The number of carbonyl (C=O) groups is 1. The summed E-state index contributed by atoms with van der Waals surface area (Å²) in [6, 6.07) is 0. The Bertz CT molecular complexity index is 222. The van der Waals surface area contributed by atoms with E-state index >= 15 is 0 Å². The number of hydrogen-bond acceptors (Lipinski definition) is 4. The number of ether oxygens (including phenoxy) is 3. The van der Waals surface area contributed by atoms with E-state index in [0.29, 0.717) is 35.3 Å². The van der Waals surface area contributed by atoms with Crippen molar-refractivity contribution in [2.45, 2.75) is 33.5 Å². The summed E-state index contributed by atoms with van der Waals surface area (Å²) in [5.41, 5.74) is 0. The Kier molecular flexibility index (Phi) is 9.17. The van der Waals surface area contributed by atoms with Crippen LogP contribution in [-0.4, -0.2) is 42.3 Å². The van der Waals surface area contributed by atoms with Crippen molar-refractivity contribution in [1.82, 2.24) is 0 Å². The molecule has 0 aliphatic rings. The highest BCUT2D eigenvalue weighted by Crippen LogP contribution is 2.02. The molecule has 0 aromatic rings. The van der Waals surface area contributed by atoms with Gasteiger partial charge in [0.1, 0.15) is 0 Å². The van der Waals surface area contributed by atoms with Crippen molar-refractivity contribution in [2.75, 3.05) is 19.8 Å². The second-order valence-corrected chi connectivity index (χ2v) is 4.34. The minimum absolute atomic E-state index is 0.252. The predicted octanol–water partition coefficient (Wildman–Crippen LogP) is 0.588. The van der Waals surface area contributed by atoms with Crippen LogP contribution in [0.25, 0.3) is 0 Å². The van der Waals surface area contributed by atoms with Crippen LogP contribution in [0, 0.1) is 0 Å². The van der Waals surface area contributed by atoms with Gasteiger partial charge in [-0.3, -0.25) is 0 Å². The molecule has 0 heterocycles. The zero-order valence-electron chi connectivity index (χ0n) is 10.6. The Balaban J connectivity index is 4.27. The van der Waals surface area contributed by atoms with E-state index in [0.717, 1.165) is 6.42 Å². The highest BCUT2D eigenvalue weighted by molar-refractivity contribution is 6.35. The Morgan fingerprint density at radius 2 is 1.81 bits per heavy atom. The molecule has 16 heavy (non-hydrogen) atoms. The summed E-state index contributed by atoms with van der Waals surface area (Å²) < 4.78 is 15.7. The van der Waals surface area contributed by atoms with Gasteiger partial charge in [-0.15, -0.1) is 0 Å². The third kappa shape index (κ3) is 6.76. The highest BCUT2D eigenvalue weighted by Gasteiger charge is 2.10. The summed E-state index contributed by atoms with van der Waals surface area (Å²) in [4.78, 5) is 11.5. The summed E-state index contributed by atoms with van der Waals surface area (Å²) in [7, 11) is 0.628. The molecule has 0 rings (SSSR count). The van der Waals surface area contributed by atoms with E-state index in [2.05, 4.69) is 0 Å². The van der Waals surface area contributed by atoms with E-state index in [1.54, 1.807) is 6.08 Å². The van der Waals surface area contributed by atoms with Crippen LogP contribution in [0.4, 0.5) is 0 Å². The lowest BCUT2D eigenvalue weighted by Crippen LogP contribution is -2.18. The lowest BCUT2D eigenvalue weighted by Gasteiger charge is -2.13. The van der Waals surface area contributed by atoms with Crippen LogP contribution in [0.1, 0.15) is 27.2 Å². The molecule has 5 heteroatoms. The SMILES string of the molecule is CCCOC(=O)C([SiH3])=CC(OCC)OCC. The van der Waals surface area contributed by atoms with Crippen LogP contribution in [-0.2, 0) is 19.0 Å². The molecule has 4 nitrogen and oxygen atoms in total. The standard InChI is InChI=1S/C11H22O4Si/c1-4-7-15-11(12)9(16)8-10(13-5-2)14-6-3/h8,10H,4-7H2,1-3,16H3. The maximum Gasteiger partial charge on any atom is 0.328 e. The second kappa shape index (κ2) is 9.56. The molecule has 0 saturated heterocycles. The lowest BCUT2D eigenvalue weighted by molar-refractivity contribution is -0.139. The average molecular weight is 246 g/mol. The van der Waals surface area contributed by atoms with Gasteiger partial charge in [0.15, 0.2) is 6.29 Å². The van der Waals surface area contributed by atoms with Crippen molar-refractivity contribution in [2.24, 2.45) is 0 Å². The summed E-state index contributed by atoms with van der Waals surface area (Å²) in [6.07, 6.45) is 2.11. The fourth-order valence-electron chi connectivity index (χ4n) is 1.05. The fraction of sp³-hybridized carbons (Fsp3) is 0.727. The predicted molar refractivity (Wildman–Crippen MR) is 66.3 cm³/mol.